The van der Waals surface area contributed by atoms with Gasteiger partial charge in [-0.25, -0.2) is 4.98 Å². The Balaban J connectivity index is 1.03. The van der Waals surface area contributed by atoms with Gasteiger partial charge in [0.15, 0.2) is 5.01 Å². The molecule has 2 atom stereocenters. The number of amides is 2. The van der Waals surface area contributed by atoms with Crippen molar-refractivity contribution in [3.8, 4) is 0 Å². The minimum atomic E-state index is -2.70. The topological polar surface area (TPSA) is 111 Å². The van der Waals surface area contributed by atoms with Crippen molar-refractivity contribution in [3.05, 3.63) is 111 Å². The van der Waals surface area contributed by atoms with Crippen molar-refractivity contribution >= 4 is 64.3 Å². The Hall–Kier alpha value is -3.84. The zero-order valence-corrected chi connectivity index (χ0v) is 33.7. The van der Waals surface area contributed by atoms with Gasteiger partial charge in [-0.3, -0.25) is 14.5 Å². The van der Waals surface area contributed by atoms with Crippen LogP contribution in [0.5, 0.6) is 0 Å². The van der Waals surface area contributed by atoms with Gasteiger partial charge in [0.1, 0.15) is 5.69 Å². The summed E-state index contributed by atoms with van der Waals surface area (Å²) in [6, 6.07) is 28.3. The molecular weight excluding hydrogens is 720 g/mol. The number of halogens is 1. The van der Waals surface area contributed by atoms with E-state index in [0.29, 0.717) is 41.8 Å². The maximum Gasteiger partial charge on any atom is 0.280 e. The standard InChI is InChI=1S/C41H49ClN6O3SSi/c1-40(2,3)53(29-12-8-6-9-13-29,30-14-10-7-11-15-30)51-26-41(4,5)48-21-19-33-36(25-48)52-39(47-33)38(50)46-35-24-43-20-18-32(35)45-37(49)34-23-27-22-28(42)16-17-31(27)44-34/h6-17,22-23,32,35,43-44H,18-21,24-26H2,1-5H3,(H,45,49)(H,46,50)/t32-,35+/m0/s1. The van der Waals surface area contributed by atoms with Gasteiger partial charge in [0.25, 0.3) is 20.1 Å². The largest absolute Gasteiger partial charge is 0.406 e. The van der Waals surface area contributed by atoms with Gasteiger partial charge in [0.05, 0.1) is 24.4 Å². The van der Waals surface area contributed by atoms with Crippen molar-refractivity contribution in [2.45, 2.75) is 76.7 Å². The third kappa shape index (κ3) is 7.74. The zero-order chi connectivity index (χ0) is 37.4. The highest BCUT2D eigenvalue weighted by Gasteiger charge is 2.51. The van der Waals surface area contributed by atoms with Gasteiger partial charge >= 0.3 is 0 Å². The molecule has 2 aliphatic rings. The number of nitrogens with zero attached hydrogens (tertiary/aromatic N) is 2. The maximum atomic E-state index is 13.7. The molecule has 4 N–H and O–H groups in total. The molecule has 1 fully saturated rings. The van der Waals surface area contributed by atoms with Gasteiger partial charge in [0.2, 0.25) is 0 Å². The first-order chi connectivity index (χ1) is 25.3. The molecule has 5 aromatic rings. The smallest absolute Gasteiger partial charge is 0.280 e. The van der Waals surface area contributed by atoms with Crippen LogP contribution in [0.3, 0.4) is 0 Å². The van der Waals surface area contributed by atoms with E-state index in [9.17, 15) is 9.59 Å². The molecule has 53 heavy (non-hydrogen) atoms. The number of hydrogen-bond acceptors (Lipinski definition) is 7. The van der Waals surface area contributed by atoms with E-state index in [1.54, 1.807) is 12.1 Å². The van der Waals surface area contributed by atoms with Crippen LogP contribution in [0.25, 0.3) is 10.9 Å². The Morgan fingerprint density at radius 3 is 2.30 bits per heavy atom. The number of piperidine rings is 1. The fraction of sp³-hybridized carbons (Fsp3) is 0.390. The molecule has 9 nitrogen and oxygen atoms in total. The van der Waals surface area contributed by atoms with E-state index >= 15 is 0 Å². The molecule has 4 heterocycles. The monoisotopic (exact) mass is 768 g/mol. The fourth-order valence-electron chi connectivity index (χ4n) is 7.83. The van der Waals surface area contributed by atoms with Crippen molar-refractivity contribution in [2.75, 3.05) is 26.2 Å². The number of H-pyrrole nitrogens is 1. The zero-order valence-electron chi connectivity index (χ0n) is 31.1. The Labute approximate surface area is 322 Å². The number of carbonyl (C=O) groups is 2. The molecule has 0 bridgehead atoms. The number of nitrogens with one attached hydrogen (secondary N) is 4. The molecule has 3 aromatic carbocycles. The average molecular weight is 769 g/mol. The Morgan fingerprint density at radius 1 is 0.943 bits per heavy atom. The Morgan fingerprint density at radius 2 is 1.62 bits per heavy atom. The maximum absolute atomic E-state index is 13.7. The summed E-state index contributed by atoms with van der Waals surface area (Å²) in [6.45, 7) is 14.9. The summed E-state index contributed by atoms with van der Waals surface area (Å²) in [5.74, 6) is -0.423. The van der Waals surface area contributed by atoms with Crippen molar-refractivity contribution in [1.29, 1.82) is 0 Å². The second-order valence-electron chi connectivity index (χ2n) is 15.9. The minimum absolute atomic E-state index is 0.109. The third-order valence-electron chi connectivity index (χ3n) is 10.8. The van der Waals surface area contributed by atoms with Crippen LogP contribution in [0.2, 0.25) is 10.1 Å². The van der Waals surface area contributed by atoms with Gasteiger partial charge in [-0.2, -0.15) is 0 Å². The lowest BCUT2D eigenvalue weighted by molar-refractivity contribution is 0.0530. The SMILES string of the molecule is CC(C)(CO[Si](c1ccccc1)(c1ccccc1)C(C)(C)C)N1CCc2nc(C(=O)N[C@@H]3CNCC[C@@H]3NC(=O)c3cc4cc(Cl)ccc4[nH]3)sc2C1. The molecule has 2 aliphatic heterocycles. The van der Waals surface area contributed by atoms with Crippen LogP contribution < -0.4 is 26.3 Å². The first kappa shape index (κ1) is 37.5. The molecule has 0 spiro atoms. The first-order valence-corrected chi connectivity index (χ1v) is 21.5. The first-order valence-electron chi connectivity index (χ1n) is 18.4. The van der Waals surface area contributed by atoms with Crippen LogP contribution in [-0.4, -0.2) is 78.9 Å². The second-order valence-corrected chi connectivity index (χ2v) is 21.7. The van der Waals surface area contributed by atoms with Gasteiger partial charge in [-0.05, 0) is 66.5 Å². The van der Waals surface area contributed by atoms with E-state index in [4.69, 9.17) is 21.0 Å². The number of hydrogen-bond donors (Lipinski definition) is 4. The van der Waals surface area contributed by atoms with Gasteiger partial charge in [0, 0.05) is 52.4 Å². The van der Waals surface area contributed by atoms with Crippen LogP contribution in [0.15, 0.2) is 84.9 Å². The van der Waals surface area contributed by atoms with Crippen molar-refractivity contribution in [3.63, 3.8) is 0 Å². The van der Waals surface area contributed by atoms with Gasteiger partial charge in [-0.1, -0.05) is 93.0 Å². The van der Waals surface area contributed by atoms with Crippen LogP contribution in [0.1, 0.15) is 71.9 Å². The summed E-state index contributed by atoms with van der Waals surface area (Å²) >= 11 is 7.62. The number of rotatable bonds is 10. The number of aromatic nitrogens is 2. The average Bonchev–Trinajstić information content (AvgIpc) is 3.77. The molecule has 2 aromatic heterocycles. The summed E-state index contributed by atoms with van der Waals surface area (Å²) < 4.78 is 7.36. The number of thiazole rings is 1. The van der Waals surface area contributed by atoms with Crippen LogP contribution in [0.4, 0.5) is 0 Å². The summed E-state index contributed by atoms with van der Waals surface area (Å²) in [4.78, 5) is 38.6. The lowest BCUT2D eigenvalue weighted by Crippen LogP contribution is -2.68. The lowest BCUT2D eigenvalue weighted by atomic mass is 10.0. The molecule has 0 saturated carbocycles. The van der Waals surface area contributed by atoms with Crippen LogP contribution >= 0.6 is 22.9 Å². The van der Waals surface area contributed by atoms with E-state index in [2.05, 4.69) is 121 Å². The van der Waals surface area contributed by atoms with Crippen LogP contribution in [0, 0.1) is 0 Å². The highest BCUT2D eigenvalue weighted by molar-refractivity contribution is 7.13. The number of aromatic amines is 1. The van der Waals surface area contributed by atoms with Crippen molar-refractivity contribution in [2.24, 2.45) is 0 Å². The predicted molar refractivity (Wildman–Crippen MR) is 217 cm³/mol. The molecule has 12 heteroatoms. The van der Waals surface area contributed by atoms with E-state index < -0.39 is 8.32 Å². The normalized spacial score (nSPS) is 18.5. The number of fused-ring (bicyclic) bond motifs is 2. The molecule has 7 rings (SSSR count). The number of benzene rings is 3. The summed E-state index contributed by atoms with van der Waals surface area (Å²) in [7, 11) is -2.70. The summed E-state index contributed by atoms with van der Waals surface area (Å²) in [5.41, 5.74) is 2.03. The van der Waals surface area contributed by atoms with Gasteiger partial charge in [-0.15, -0.1) is 11.3 Å². The Bertz CT molecular complexity index is 2040. The van der Waals surface area contributed by atoms with E-state index in [1.165, 1.54) is 21.7 Å². The van der Waals surface area contributed by atoms with E-state index in [-0.39, 0.29) is 34.5 Å². The molecule has 0 radical (unpaired) electrons. The molecule has 1 saturated heterocycles. The molecule has 0 aliphatic carbocycles. The van der Waals surface area contributed by atoms with E-state index in [0.717, 1.165) is 41.0 Å². The van der Waals surface area contributed by atoms with Crippen molar-refractivity contribution in [1.82, 2.24) is 30.8 Å². The molecule has 0 unspecified atom stereocenters. The van der Waals surface area contributed by atoms with Crippen LogP contribution in [-0.2, 0) is 17.4 Å². The highest BCUT2D eigenvalue weighted by atomic mass is 35.5. The number of carbonyl (C=O) groups excluding carboxylic acids is 2. The molecule has 2 amide bonds. The third-order valence-corrected chi connectivity index (χ3v) is 17.1. The summed E-state index contributed by atoms with van der Waals surface area (Å²) in [5, 5.41) is 14.1. The second kappa shape index (κ2) is 15.1. The van der Waals surface area contributed by atoms with Gasteiger partial charge < -0.3 is 25.4 Å². The lowest BCUT2D eigenvalue weighted by Gasteiger charge is -2.47. The highest BCUT2D eigenvalue weighted by Crippen LogP contribution is 2.38. The molecular formula is C41H49ClN6O3SSi. The molecule has 278 valence electrons. The summed E-state index contributed by atoms with van der Waals surface area (Å²) in [6.07, 6.45) is 1.46. The van der Waals surface area contributed by atoms with E-state index in [1.807, 2.05) is 12.1 Å². The predicted octanol–water partition coefficient (Wildman–Crippen LogP) is 5.88. The quantitative estimate of drug-likeness (QED) is 0.132. The van der Waals surface area contributed by atoms with Crippen molar-refractivity contribution < 1.29 is 14.0 Å². The fourth-order valence-corrected chi connectivity index (χ4v) is 13.8. The Kier molecular flexibility index (Phi) is 10.7. The minimum Gasteiger partial charge on any atom is -0.406 e.